The molecular formula is C42H48N14O4. The molecule has 0 unspecified atom stereocenters. The average Bonchev–Trinajstić information content (AvgIpc) is 3.77. The number of rotatable bonds is 8. The van der Waals surface area contributed by atoms with Crippen molar-refractivity contribution in [2.75, 3.05) is 33.3 Å². The van der Waals surface area contributed by atoms with Crippen LogP contribution in [-0.2, 0) is 13.1 Å². The molecule has 4 heterocycles. The van der Waals surface area contributed by atoms with Gasteiger partial charge in [0.1, 0.15) is 22.9 Å². The third-order valence-electron chi connectivity index (χ3n) is 6.96. The smallest absolute Gasteiger partial charge is 0.352 e. The Morgan fingerprint density at radius 1 is 0.867 bits per heavy atom. The summed E-state index contributed by atoms with van der Waals surface area (Å²) in [5, 5.41) is 27.6. The number of aromatic nitrogens is 5. The molecule has 310 valence electrons. The lowest BCUT2D eigenvalue weighted by Crippen LogP contribution is -2.42. The first-order valence-electron chi connectivity index (χ1n) is 17.0. The topological polar surface area (TPSA) is 220 Å². The molecule has 1 fully saturated rings. The van der Waals surface area contributed by atoms with Crippen LogP contribution in [0.4, 0.5) is 0 Å². The second-order valence-corrected chi connectivity index (χ2v) is 10.7. The molecule has 0 atom stereocenters. The van der Waals surface area contributed by atoms with Crippen molar-refractivity contribution in [3.63, 3.8) is 0 Å². The molecule has 18 nitrogen and oxygen atoms in total. The summed E-state index contributed by atoms with van der Waals surface area (Å²) in [6.07, 6.45) is 8.17. The Morgan fingerprint density at radius 2 is 1.45 bits per heavy atom. The van der Waals surface area contributed by atoms with E-state index in [0.29, 0.717) is 17.8 Å². The number of pyridine rings is 1. The van der Waals surface area contributed by atoms with Gasteiger partial charge in [-0.25, -0.2) is 14.8 Å². The van der Waals surface area contributed by atoms with Crippen molar-refractivity contribution in [1.29, 1.82) is 0 Å². The maximum absolute atomic E-state index is 13.1. The fourth-order valence-electron chi connectivity index (χ4n) is 4.59. The molecule has 4 aromatic rings. The molecule has 1 aliphatic rings. The summed E-state index contributed by atoms with van der Waals surface area (Å²) in [6.45, 7) is 6.92. The molecule has 0 aliphatic carbocycles. The van der Waals surface area contributed by atoms with Crippen LogP contribution in [0.25, 0.3) is 16.7 Å². The third-order valence-corrected chi connectivity index (χ3v) is 6.96. The van der Waals surface area contributed by atoms with E-state index in [-0.39, 0.29) is 18.5 Å². The molecule has 18 heteroatoms. The Bertz CT molecular complexity index is 2960. The van der Waals surface area contributed by atoms with E-state index >= 15 is 0 Å². The number of hydrazine groups is 1. The van der Waals surface area contributed by atoms with Gasteiger partial charge in [-0.1, -0.05) is 23.3 Å². The zero-order valence-corrected chi connectivity index (χ0v) is 32.0. The molecule has 1 saturated heterocycles. The summed E-state index contributed by atoms with van der Waals surface area (Å²) in [7, 11) is 1.63. The molecular weight excluding hydrogens is 765 g/mol. The minimum atomic E-state index is -0.907. The monoisotopic (exact) mass is 812 g/mol. The van der Waals surface area contributed by atoms with Gasteiger partial charge in [-0.3, -0.25) is 9.47 Å². The molecule has 0 bridgehead atoms. The Kier molecular flexibility index (Phi) is 20.3. The van der Waals surface area contributed by atoms with Crippen molar-refractivity contribution in [2.24, 2.45) is 26.7 Å². The highest BCUT2D eigenvalue weighted by molar-refractivity contribution is 5.89. The Hall–Kier alpha value is -9.50. The van der Waals surface area contributed by atoms with Crippen molar-refractivity contribution < 1.29 is 22.6 Å². The van der Waals surface area contributed by atoms with E-state index in [1.165, 1.54) is 16.4 Å². The lowest BCUT2D eigenvalue weighted by atomic mass is 10.2. The summed E-state index contributed by atoms with van der Waals surface area (Å²) in [5.41, 5.74) is 4.32. The maximum atomic E-state index is 13.1. The van der Waals surface area contributed by atoms with E-state index in [0.717, 1.165) is 55.0 Å². The number of benzene rings is 1. The fourth-order valence-corrected chi connectivity index (χ4v) is 4.59. The molecule has 3 aromatic heterocycles. The number of ether oxygens (including phenoxy) is 1. The highest BCUT2D eigenvalue weighted by Crippen LogP contribution is 2.19. The van der Waals surface area contributed by atoms with Gasteiger partial charge in [0, 0.05) is 74.4 Å². The van der Waals surface area contributed by atoms with Gasteiger partial charge in [-0.05, 0) is 131 Å². The normalized spacial score (nSPS) is 10.5. The Balaban J connectivity index is -0.000000176. The van der Waals surface area contributed by atoms with E-state index in [2.05, 4.69) is 171 Å². The van der Waals surface area contributed by atoms with Gasteiger partial charge < -0.3 is 26.0 Å². The maximum Gasteiger partial charge on any atom is 0.352 e. The second kappa shape index (κ2) is 27.1. The van der Waals surface area contributed by atoms with E-state index in [9.17, 15) is 14.9 Å². The van der Waals surface area contributed by atoms with E-state index in [4.69, 9.17) is 11.2 Å². The van der Waals surface area contributed by atoms with Crippen LogP contribution in [0, 0.1) is 129 Å². The molecule has 60 heavy (non-hydrogen) atoms. The molecule has 1 aliphatic heterocycles. The van der Waals surface area contributed by atoms with Crippen molar-refractivity contribution in [3.8, 4) is 125 Å². The van der Waals surface area contributed by atoms with E-state index in [1.54, 1.807) is 18.6 Å². The zero-order chi connectivity index (χ0) is 43.0. The molecule has 1 aromatic carbocycles. The van der Waals surface area contributed by atoms with Gasteiger partial charge in [0.15, 0.2) is 10.9 Å². The van der Waals surface area contributed by atoms with E-state index in [1.807, 2.05) is 30.5 Å². The van der Waals surface area contributed by atoms with Gasteiger partial charge in [0.2, 0.25) is 0 Å². The van der Waals surface area contributed by atoms with Crippen molar-refractivity contribution in [2.45, 2.75) is 20.0 Å². The van der Waals surface area contributed by atoms with Gasteiger partial charge >= 0.3 is 5.69 Å². The third kappa shape index (κ3) is 16.5. The lowest BCUT2D eigenvalue weighted by molar-refractivity contribution is -0.546. The lowest BCUT2D eigenvalue weighted by Gasteiger charge is -2.27. The number of nitrogens with two attached hydrogens (primary N) is 1. The number of hydrogen-bond acceptors (Lipinski definition) is 11. The number of nitro groups is 1. The number of fused-ring (bicyclic) bond motifs is 3. The minimum absolute atomic E-state index is 0. The summed E-state index contributed by atoms with van der Waals surface area (Å²) >= 11 is 0. The number of terminal acetylenes is 1. The van der Waals surface area contributed by atoms with Crippen LogP contribution >= 0.6 is 0 Å². The molecule has 0 saturated carbocycles. The van der Waals surface area contributed by atoms with Crippen molar-refractivity contribution in [3.05, 3.63) is 74.6 Å². The average molecular weight is 813 g/mol. The van der Waals surface area contributed by atoms with E-state index < -0.39 is 5.03 Å². The molecule has 5 rings (SSSR count). The number of nitrogens with one attached hydrogen (secondary N) is 2. The zero-order valence-electron chi connectivity index (χ0n) is 32.0. The predicted octanol–water partition coefficient (Wildman–Crippen LogP) is 3.16. The summed E-state index contributed by atoms with van der Waals surface area (Å²) in [4.78, 5) is 33.9. The van der Waals surface area contributed by atoms with Gasteiger partial charge in [-0.15, -0.1) is 6.42 Å². The van der Waals surface area contributed by atoms with Crippen molar-refractivity contribution in [1.82, 2.24) is 39.9 Å². The summed E-state index contributed by atoms with van der Waals surface area (Å²) in [5.74, 6) is 52.1. The first kappa shape index (κ1) is 44.9. The first-order valence-corrected chi connectivity index (χ1v) is 17.0. The number of hydrogen-bond donors (Lipinski definition) is 3. The van der Waals surface area contributed by atoms with Gasteiger partial charge in [0.05, 0.1) is 24.1 Å². The number of nitrogens with zero attached hydrogens (tertiary/aromatic N) is 11. The quantitative estimate of drug-likeness (QED) is 0.0772. The number of piperazine rings is 1. The number of methoxy groups -OCH3 is 1. The SMILES string of the molecule is C#CC#CC#CC#CC#CC#CC#CC#CC#CC#CC.COc1ccc(Cn2c(=O)n3ncnc3c3cc(CN4CCNCC4)cnc32)cc1.NN=NN=NN[N+](=O)[O-].[HH].[HH].[HH].[HH].[HH].[HH].[HH].[HH].[HH]. The van der Waals surface area contributed by atoms with Crippen LogP contribution < -0.4 is 27.1 Å². The van der Waals surface area contributed by atoms with Gasteiger partial charge in [0.25, 0.3) is 0 Å². The highest BCUT2D eigenvalue weighted by atomic mass is 16.7. The highest BCUT2D eigenvalue weighted by Gasteiger charge is 2.16. The Labute approximate surface area is 358 Å². The summed E-state index contributed by atoms with van der Waals surface area (Å²) < 4.78 is 8.22. The standard InChI is InChI=1S/C21H23N7O2.C21H4.H3N7O2.9H2/c1-30-17-4-2-15(3-5-17)13-27-19-18(20-24-14-25-28(20)21(27)29)10-16(11-23-19)12-26-8-6-22-7-9-26;1-3-5-7-9-11-13-15-17-19-21-20-18-16-14-12-10-8-6-4-2;1-2-3-4-5-6-7(8)9;;;;;;;;;/h2-5,10-11,14,22H,6-9,12-13H2,1H3;1H,2H3;(H2,1,3,5)(H,2,4,6);9*1H. The molecule has 0 radical (unpaired) electrons. The van der Waals surface area contributed by atoms with Crippen LogP contribution in [0.2, 0.25) is 0 Å². The predicted molar refractivity (Wildman–Crippen MR) is 240 cm³/mol. The second-order valence-electron chi connectivity index (χ2n) is 10.7. The minimum Gasteiger partial charge on any atom is -0.497 e. The van der Waals surface area contributed by atoms with Crippen LogP contribution in [0.1, 0.15) is 30.9 Å². The van der Waals surface area contributed by atoms with Crippen molar-refractivity contribution >= 4 is 16.7 Å². The largest absolute Gasteiger partial charge is 0.497 e. The van der Waals surface area contributed by atoms with Crippen LogP contribution in [0.5, 0.6) is 5.75 Å². The Morgan fingerprint density at radius 3 is 1.98 bits per heavy atom. The fraction of sp³-hybridized carbons (Fsp3) is 0.190. The van der Waals surface area contributed by atoms with Crippen LogP contribution in [-0.4, -0.2) is 67.4 Å². The van der Waals surface area contributed by atoms with Crippen LogP contribution in [0.3, 0.4) is 0 Å². The molecule has 4 N–H and O–H groups in total. The van der Waals surface area contributed by atoms with Crippen LogP contribution in [0.15, 0.2) is 68.5 Å². The molecule has 0 spiro atoms. The molecule has 0 amide bonds. The first-order chi connectivity index (χ1) is 29.4. The summed E-state index contributed by atoms with van der Waals surface area (Å²) in [6, 6.07) is 9.74. The van der Waals surface area contributed by atoms with Gasteiger partial charge in [-0.2, -0.15) is 9.61 Å².